The van der Waals surface area contributed by atoms with Crippen LogP contribution in [0.3, 0.4) is 0 Å². The third-order valence-electron chi connectivity index (χ3n) is 4.94. The van der Waals surface area contributed by atoms with Gasteiger partial charge >= 0.3 is 0 Å². The van der Waals surface area contributed by atoms with Crippen molar-refractivity contribution in [3.8, 4) is 5.75 Å². The van der Waals surface area contributed by atoms with Crippen molar-refractivity contribution in [3.05, 3.63) is 65.0 Å². The number of ether oxygens (including phenoxy) is 1. The summed E-state index contributed by atoms with van der Waals surface area (Å²) in [6.45, 7) is 8.23. The summed E-state index contributed by atoms with van der Waals surface area (Å²) in [5.74, 6) is -0.237. The van der Waals surface area contributed by atoms with Crippen molar-refractivity contribution in [2.24, 2.45) is 0 Å². The predicted molar refractivity (Wildman–Crippen MR) is 116 cm³/mol. The fraction of sp³-hybridized carbons (Fsp3) is 0.417. The zero-order chi connectivity index (χ0) is 22.1. The van der Waals surface area contributed by atoms with Gasteiger partial charge in [0.15, 0.2) is 6.61 Å². The van der Waals surface area contributed by atoms with E-state index < -0.39 is 6.04 Å². The smallest absolute Gasteiger partial charge is 0.261 e. The van der Waals surface area contributed by atoms with E-state index in [2.05, 4.69) is 5.32 Å². The van der Waals surface area contributed by atoms with E-state index in [4.69, 9.17) is 4.74 Å². The van der Waals surface area contributed by atoms with E-state index in [1.165, 1.54) is 17.0 Å². The van der Waals surface area contributed by atoms with Crippen LogP contribution in [-0.4, -0.2) is 35.9 Å². The van der Waals surface area contributed by atoms with Crippen molar-refractivity contribution in [3.63, 3.8) is 0 Å². The van der Waals surface area contributed by atoms with Crippen LogP contribution in [0.2, 0.25) is 0 Å². The minimum Gasteiger partial charge on any atom is -0.483 e. The lowest BCUT2D eigenvalue weighted by Gasteiger charge is -2.29. The van der Waals surface area contributed by atoms with Crippen LogP contribution in [-0.2, 0) is 16.1 Å². The second-order valence-electron chi connectivity index (χ2n) is 7.53. The Morgan fingerprint density at radius 1 is 1.13 bits per heavy atom. The Morgan fingerprint density at radius 3 is 2.47 bits per heavy atom. The van der Waals surface area contributed by atoms with Crippen molar-refractivity contribution in [1.29, 1.82) is 0 Å². The van der Waals surface area contributed by atoms with E-state index in [1.807, 2.05) is 39.0 Å². The van der Waals surface area contributed by atoms with E-state index in [-0.39, 0.29) is 30.8 Å². The molecule has 2 aromatic carbocycles. The molecule has 0 aliphatic rings. The number of hydrogen-bond donors (Lipinski definition) is 1. The summed E-state index contributed by atoms with van der Waals surface area (Å²) >= 11 is 0. The van der Waals surface area contributed by atoms with E-state index >= 15 is 0 Å². The number of carbonyl (C=O) groups excluding carboxylic acids is 2. The molecule has 0 saturated carbocycles. The molecule has 162 valence electrons. The maximum Gasteiger partial charge on any atom is 0.261 e. The molecule has 2 aromatic rings. The molecule has 0 radical (unpaired) electrons. The first kappa shape index (κ1) is 23.4. The highest BCUT2D eigenvalue weighted by atomic mass is 19.1. The van der Waals surface area contributed by atoms with Gasteiger partial charge in [-0.3, -0.25) is 9.59 Å². The molecular formula is C24H31FN2O3. The highest BCUT2D eigenvalue weighted by Gasteiger charge is 2.26. The van der Waals surface area contributed by atoms with E-state index in [1.54, 1.807) is 19.1 Å². The monoisotopic (exact) mass is 414 g/mol. The molecule has 30 heavy (non-hydrogen) atoms. The van der Waals surface area contributed by atoms with Gasteiger partial charge in [0.2, 0.25) is 5.91 Å². The Labute approximate surface area is 178 Å². The molecule has 1 N–H and O–H groups in total. The minimum atomic E-state index is -0.679. The largest absolute Gasteiger partial charge is 0.483 e. The van der Waals surface area contributed by atoms with Gasteiger partial charge in [0.1, 0.15) is 17.6 Å². The Hall–Kier alpha value is -2.89. The van der Waals surface area contributed by atoms with Gasteiger partial charge in [0.25, 0.3) is 5.91 Å². The summed E-state index contributed by atoms with van der Waals surface area (Å²) in [7, 11) is 0. The Bertz CT molecular complexity index is 852. The Morgan fingerprint density at radius 2 is 1.83 bits per heavy atom. The lowest BCUT2D eigenvalue weighted by atomic mass is 10.1. The molecule has 0 aromatic heterocycles. The van der Waals surface area contributed by atoms with Crippen molar-refractivity contribution < 1.29 is 18.7 Å². The average molecular weight is 415 g/mol. The minimum absolute atomic E-state index is 0.183. The number of hydrogen-bond acceptors (Lipinski definition) is 3. The normalized spacial score (nSPS) is 11.6. The van der Waals surface area contributed by atoms with Crippen molar-refractivity contribution in [2.45, 2.75) is 53.1 Å². The van der Waals surface area contributed by atoms with Gasteiger partial charge in [-0.25, -0.2) is 4.39 Å². The molecule has 2 amide bonds. The van der Waals surface area contributed by atoms with Crippen LogP contribution in [0.1, 0.15) is 43.4 Å². The molecule has 0 saturated heterocycles. The van der Waals surface area contributed by atoms with Crippen LogP contribution in [0.5, 0.6) is 5.75 Å². The standard InChI is InChI=1S/C24H31FN2O3/c1-5-6-13-26-24(29)19(4)27(15-20-8-10-21(25)11-9-20)23(28)16-30-22-12-7-17(2)14-18(22)3/h7-12,14,19H,5-6,13,15-16H2,1-4H3,(H,26,29). The number of rotatable bonds is 10. The fourth-order valence-corrected chi connectivity index (χ4v) is 3.09. The lowest BCUT2D eigenvalue weighted by molar-refractivity contribution is -0.142. The van der Waals surface area contributed by atoms with Crippen LogP contribution in [0.4, 0.5) is 4.39 Å². The maximum absolute atomic E-state index is 13.3. The van der Waals surface area contributed by atoms with Crippen LogP contribution >= 0.6 is 0 Å². The first-order valence-electron chi connectivity index (χ1n) is 10.3. The molecule has 2 rings (SSSR count). The maximum atomic E-state index is 13.3. The number of benzene rings is 2. The summed E-state index contributed by atoms with van der Waals surface area (Å²) < 4.78 is 19.0. The highest BCUT2D eigenvalue weighted by Crippen LogP contribution is 2.19. The molecule has 0 aliphatic carbocycles. The van der Waals surface area contributed by atoms with Gasteiger partial charge in [0, 0.05) is 13.1 Å². The zero-order valence-corrected chi connectivity index (χ0v) is 18.2. The van der Waals surface area contributed by atoms with E-state index in [0.29, 0.717) is 12.3 Å². The quantitative estimate of drug-likeness (QED) is 0.594. The summed E-state index contributed by atoms with van der Waals surface area (Å²) in [5, 5.41) is 2.87. The van der Waals surface area contributed by atoms with Gasteiger partial charge in [-0.05, 0) is 56.5 Å². The number of unbranched alkanes of at least 4 members (excludes halogenated alkanes) is 1. The fourth-order valence-electron chi connectivity index (χ4n) is 3.09. The summed E-state index contributed by atoms with van der Waals surface area (Å²) in [4.78, 5) is 27.0. The molecule has 0 fully saturated rings. The molecule has 0 aliphatic heterocycles. The van der Waals surface area contributed by atoms with Crippen LogP contribution in [0.15, 0.2) is 42.5 Å². The average Bonchev–Trinajstić information content (AvgIpc) is 2.72. The highest BCUT2D eigenvalue weighted by molar-refractivity contribution is 5.87. The van der Waals surface area contributed by atoms with Crippen LogP contribution < -0.4 is 10.1 Å². The number of nitrogens with one attached hydrogen (secondary N) is 1. The number of aryl methyl sites for hydroxylation is 2. The molecule has 1 atom stereocenters. The van der Waals surface area contributed by atoms with Crippen LogP contribution in [0.25, 0.3) is 0 Å². The SMILES string of the molecule is CCCCNC(=O)C(C)N(Cc1ccc(F)cc1)C(=O)COc1ccc(C)cc1C. The van der Waals surface area contributed by atoms with Crippen molar-refractivity contribution in [2.75, 3.05) is 13.2 Å². The molecule has 1 unspecified atom stereocenters. The van der Waals surface area contributed by atoms with Gasteiger partial charge in [-0.15, -0.1) is 0 Å². The molecular weight excluding hydrogens is 383 g/mol. The zero-order valence-electron chi connectivity index (χ0n) is 18.2. The predicted octanol–water partition coefficient (Wildman–Crippen LogP) is 4.15. The Balaban J connectivity index is 2.12. The van der Waals surface area contributed by atoms with E-state index in [0.717, 1.165) is 29.5 Å². The summed E-state index contributed by atoms with van der Waals surface area (Å²) in [6.07, 6.45) is 1.84. The third-order valence-corrected chi connectivity index (χ3v) is 4.94. The molecule has 0 heterocycles. The van der Waals surface area contributed by atoms with Gasteiger partial charge < -0.3 is 15.0 Å². The lowest BCUT2D eigenvalue weighted by Crippen LogP contribution is -2.49. The van der Waals surface area contributed by atoms with E-state index in [9.17, 15) is 14.0 Å². The van der Waals surface area contributed by atoms with Gasteiger partial charge in [-0.2, -0.15) is 0 Å². The first-order chi connectivity index (χ1) is 14.3. The van der Waals surface area contributed by atoms with Crippen molar-refractivity contribution >= 4 is 11.8 Å². The molecule has 5 nitrogen and oxygen atoms in total. The topological polar surface area (TPSA) is 58.6 Å². The van der Waals surface area contributed by atoms with Gasteiger partial charge in [-0.1, -0.05) is 43.2 Å². The molecule has 0 spiro atoms. The first-order valence-corrected chi connectivity index (χ1v) is 10.3. The molecule has 6 heteroatoms. The number of nitrogens with zero attached hydrogens (tertiary/aromatic N) is 1. The number of carbonyl (C=O) groups is 2. The Kier molecular flexibility index (Phi) is 8.84. The summed E-state index contributed by atoms with van der Waals surface area (Å²) in [5.41, 5.74) is 2.80. The third kappa shape index (κ3) is 6.87. The molecule has 0 bridgehead atoms. The van der Waals surface area contributed by atoms with Crippen LogP contribution in [0, 0.1) is 19.7 Å². The van der Waals surface area contributed by atoms with Gasteiger partial charge in [0.05, 0.1) is 0 Å². The second kappa shape index (κ2) is 11.3. The second-order valence-corrected chi connectivity index (χ2v) is 7.53. The number of amides is 2. The van der Waals surface area contributed by atoms with Crippen molar-refractivity contribution in [1.82, 2.24) is 10.2 Å². The number of halogens is 1. The summed E-state index contributed by atoms with van der Waals surface area (Å²) in [6, 6.07) is 11.0.